The highest BCUT2D eigenvalue weighted by Crippen LogP contribution is 2.22. The van der Waals surface area contributed by atoms with E-state index in [4.69, 9.17) is 9.47 Å². The van der Waals surface area contributed by atoms with E-state index in [1.807, 2.05) is 6.92 Å². The van der Waals surface area contributed by atoms with Crippen molar-refractivity contribution >= 4 is 11.9 Å². The van der Waals surface area contributed by atoms with Gasteiger partial charge in [0.1, 0.15) is 17.3 Å². The summed E-state index contributed by atoms with van der Waals surface area (Å²) in [7, 11) is 1.57. The summed E-state index contributed by atoms with van der Waals surface area (Å²) in [5, 5.41) is 11.8. The first kappa shape index (κ1) is 19.2. The molecule has 1 atom stereocenters. The molecule has 0 spiro atoms. The van der Waals surface area contributed by atoms with Crippen LogP contribution < -0.4 is 14.8 Å². The minimum absolute atomic E-state index is 0.120. The summed E-state index contributed by atoms with van der Waals surface area (Å²) in [6, 6.07) is 10.3. The van der Waals surface area contributed by atoms with Crippen molar-refractivity contribution in [3.05, 3.63) is 59.4 Å². The van der Waals surface area contributed by atoms with Gasteiger partial charge in [0.05, 0.1) is 13.0 Å². The number of aryl methyl sites for hydroxylation is 1. The van der Waals surface area contributed by atoms with Crippen LogP contribution in [-0.4, -0.2) is 37.2 Å². The third-order valence-electron chi connectivity index (χ3n) is 3.81. The number of amides is 1. The monoisotopic (exact) mass is 361 g/mol. The van der Waals surface area contributed by atoms with Crippen LogP contribution in [0.3, 0.4) is 0 Å². The van der Waals surface area contributed by atoms with Crippen LogP contribution in [0.1, 0.15) is 17.0 Å². The molecule has 0 aliphatic heterocycles. The number of benzene rings is 2. The van der Waals surface area contributed by atoms with Crippen molar-refractivity contribution in [2.45, 2.75) is 12.8 Å². The minimum atomic E-state index is -1.11. The predicted octanol–water partition coefficient (Wildman–Crippen LogP) is 2.51. The zero-order valence-electron chi connectivity index (χ0n) is 14.5. The molecule has 0 bridgehead atoms. The number of halogens is 1. The number of rotatable bonds is 8. The summed E-state index contributed by atoms with van der Waals surface area (Å²) < 4.78 is 23.5. The van der Waals surface area contributed by atoms with E-state index in [2.05, 4.69) is 5.32 Å². The average Bonchev–Trinajstić information content (AvgIpc) is 2.61. The second-order valence-corrected chi connectivity index (χ2v) is 5.67. The SMILES string of the molecule is COc1ccc(OCC(=O)NCC(C(=O)O)c2ccc(F)cc2)cc1C. The molecule has 0 fully saturated rings. The van der Waals surface area contributed by atoms with Crippen LogP contribution in [0.15, 0.2) is 42.5 Å². The Hall–Kier alpha value is -3.09. The van der Waals surface area contributed by atoms with E-state index in [0.29, 0.717) is 17.1 Å². The van der Waals surface area contributed by atoms with Crippen molar-refractivity contribution in [2.24, 2.45) is 0 Å². The molecular weight excluding hydrogens is 341 g/mol. The molecule has 2 aromatic rings. The average molecular weight is 361 g/mol. The second kappa shape index (κ2) is 8.84. The summed E-state index contributed by atoms with van der Waals surface area (Å²) in [5.74, 6) is -1.76. The fourth-order valence-corrected chi connectivity index (χ4v) is 2.40. The molecule has 138 valence electrons. The lowest BCUT2D eigenvalue weighted by Gasteiger charge is -2.14. The lowest BCUT2D eigenvalue weighted by Crippen LogP contribution is -2.34. The van der Waals surface area contributed by atoms with E-state index >= 15 is 0 Å². The van der Waals surface area contributed by atoms with Crippen molar-refractivity contribution in [3.8, 4) is 11.5 Å². The summed E-state index contributed by atoms with van der Waals surface area (Å²) in [4.78, 5) is 23.3. The lowest BCUT2D eigenvalue weighted by molar-refractivity contribution is -0.138. The smallest absolute Gasteiger partial charge is 0.312 e. The molecule has 6 nitrogen and oxygen atoms in total. The highest BCUT2D eigenvalue weighted by atomic mass is 19.1. The topological polar surface area (TPSA) is 84.9 Å². The van der Waals surface area contributed by atoms with Gasteiger partial charge in [-0.15, -0.1) is 0 Å². The highest BCUT2D eigenvalue weighted by molar-refractivity contribution is 5.80. The normalized spacial score (nSPS) is 11.5. The zero-order valence-corrected chi connectivity index (χ0v) is 14.5. The molecule has 1 amide bonds. The zero-order chi connectivity index (χ0) is 19.1. The van der Waals surface area contributed by atoms with E-state index < -0.39 is 23.6 Å². The highest BCUT2D eigenvalue weighted by Gasteiger charge is 2.20. The quantitative estimate of drug-likeness (QED) is 0.755. The van der Waals surface area contributed by atoms with Gasteiger partial charge in [0, 0.05) is 6.54 Å². The Bertz CT molecular complexity index is 776. The van der Waals surface area contributed by atoms with Crippen LogP contribution in [-0.2, 0) is 9.59 Å². The van der Waals surface area contributed by atoms with Crippen molar-refractivity contribution < 1.29 is 28.6 Å². The maximum atomic E-state index is 13.0. The Morgan fingerprint density at radius 3 is 2.46 bits per heavy atom. The van der Waals surface area contributed by atoms with E-state index in [9.17, 15) is 19.1 Å². The first-order valence-corrected chi connectivity index (χ1v) is 7.93. The Morgan fingerprint density at radius 2 is 1.88 bits per heavy atom. The van der Waals surface area contributed by atoms with Crippen LogP contribution >= 0.6 is 0 Å². The Labute approximate surface area is 150 Å². The van der Waals surface area contributed by atoms with Gasteiger partial charge in [-0.05, 0) is 48.4 Å². The number of carboxylic acids is 1. The van der Waals surface area contributed by atoms with Crippen molar-refractivity contribution in [1.82, 2.24) is 5.32 Å². The largest absolute Gasteiger partial charge is 0.496 e. The predicted molar refractivity (Wildman–Crippen MR) is 93.0 cm³/mol. The fourth-order valence-electron chi connectivity index (χ4n) is 2.40. The van der Waals surface area contributed by atoms with Crippen molar-refractivity contribution in [2.75, 3.05) is 20.3 Å². The summed E-state index contributed by atoms with van der Waals surface area (Å²) >= 11 is 0. The minimum Gasteiger partial charge on any atom is -0.496 e. The number of nitrogens with one attached hydrogen (secondary N) is 1. The van der Waals surface area contributed by atoms with Gasteiger partial charge in [-0.2, -0.15) is 0 Å². The molecule has 0 aliphatic carbocycles. The van der Waals surface area contributed by atoms with Gasteiger partial charge in [0.15, 0.2) is 6.61 Å². The van der Waals surface area contributed by atoms with Crippen LogP contribution in [0.25, 0.3) is 0 Å². The first-order chi connectivity index (χ1) is 12.4. The van der Waals surface area contributed by atoms with Crippen molar-refractivity contribution in [3.63, 3.8) is 0 Å². The van der Waals surface area contributed by atoms with E-state index in [1.165, 1.54) is 24.3 Å². The van der Waals surface area contributed by atoms with Gasteiger partial charge in [-0.25, -0.2) is 4.39 Å². The van der Waals surface area contributed by atoms with E-state index in [0.717, 1.165) is 5.56 Å². The standard InChI is InChI=1S/C19H20FNO5/c1-12-9-15(7-8-17(12)25-2)26-11-18(22)21-10-16(19(23)24)13-3-5-14(20)6-4-13/h3-9,16H,10-11H2,1-2H3,(H,21,22)(H,23,24). The number of ether oxygens (including phenoxy) is 2. The third kappa shape index (κ3) is 5.20. The fraction of sp³-hybridized carbons (Fsp3) is 0.263. The lowest BCUT2D eigenvalue weighted by atomic mass is 9.99. The van der Waals surface area contributed by atoms with Crippen LogP contribution in [0.2, 0.25) is 0 Å². The Kier molecular flexibility index (Phi) is 6.54. The number of methoxy groups -OCH3 is 1. The van der Waals surface area contributed by atoms with Gasteiger partial charge in [-0.3, -0.25) is 9.59 Å². The molecular formula is C19H20FNO5. The number of hydrogen-bond donors (Lipinski definition) is 2. The third-order valence-corrected chi connectivity index (χ3v) is 3.81. The number of carboxylic acid groups (broad SMARTS) is 1. The van der Waals surface area contributed by atoms with Crippen molar-refractivity contribution in [1.29, 1.82) is 0 Å². The maximum absolute atomic E-state index is 13.0. The molecule has 0 saturated heterocycles. The van der Waals surface area contributed by atoms with Crippen LogP contribution in [0, 0.1) is 12.7 Å². The molecule has 7 heteroatoms. The summed E-state index contributed by atoms with van der Waals surface area (Å²) in [6.07, 6.45) is 0. The molecule has 0 radical (unpaired) electrons. The van der Waals surface area contributed by atoms with Gasteiger partial charge in [0.2, 0.25) is 0 Å². The van der Waals surface area contributed by atoms with E-state index in [-0.39, 0.29) is 13.2 Å². The Morgan fingerprint density at radius 1 is 1.19 bits per heavy atom. The molecule has 0 aromatic heterocycles. The van der Waals surface area contributed by atoms with E-state index in [1.54, 1.807) is 25.3 Å². The molecule has 2 N–H and O–H groups in total. The van der Waals surface area contributed by atoms with Gasteiger partial charge >= 0.3 is 5.97 Å². The molecule has 26 heavy (non-hydrogen) atoms. The van der Waals surface area contributed by atoms with Crippen LogP contribution in [0.4, 0.5) is 4.39 Å². The molecule has 0 saturated carbocycles. The number of aliphatic carboxylic acids is 1. The molecule has 0 heterocycles. The molecule has 2 aromatic carbocycles. The van der Waals surface area contributed by atoms with Gasteiger partial charge < -0.3 is 19.9 Å². The first-order valence-electron chi connectivity index (χ1n) is 7.93. The second-order valence-electron chi connectivity index (χ2n) is 5.67. The Balaban J connectivity index is 1.89. The number of carbonyl (C=O) groups excluding carboxylic acids is 1. The summed E-state index contributed by atoms with van der Waals surface area (Å²) in [6.45, 7) is 1.48. The maximum Gasteiger partial charge on any atom is 0.312 e. The molecule has 0 aliphatic rings. The summed E-state index contributed by atoms with van der Waals surface area (Å²) in [5.41, 5.74) is 1.28. The van der Waals surface area contributed by atoms with Gasteiger partial charge in [0.25, 0.3) is 5.91 Å². The number of carbonyl (C=O) groups is 2. The van der Waals surface area contributed by atoms with Gasteiger partial charge in [-0.1, -0.05) is 12.1 Å². The molecule has 2 rings (SSSR count). The van der Waals surface area contributed by atoms with Crippen LogP contribution in [0.5, 0.6) is 11.5 Å². The number of hydrogen-bond acceptors (Lipinski definition) is 4. The molecule has 1 unspecified atom stereocenters.